The Morgan fingerprint density at radius 2 is 2.08 bits per heavy atom. The van der Waals surface area contributed by atoms with E-state index in [1.54, 1.807) is 28.3 Å². The molecule has 0 aliphatic heterocycles. The van der Waals surface area contributed by atoms with E-state index >= 15 is 0 Å². The lowest BCUT2D eigenvalue weighted by Crippen LogP contribution is -2.10. The molecule has 0 fully saturated rings. The molecule has 25 heavy (non-hydrogen) atoms. The highest BCUT2D eigenvalue weighted by molar-refractivity contribution is 7.16. The van der Waals surface area contributed by atoms with Crippen molar-refractivity contribution in [2.75, 3.05) is 5.32 Å². The summed E-state index contributed by atoms with van der Waals surface area (Å²) in [6, 6.07) is 6.95. The van der Waals surface area contributed by atoms with Crippen molar-refractivity contribution in [3.05, 3.63) is 65.6 Å². The number of hydrogen-bond donors (Lipinski definition) is 1. The van der Waals surface area contributed by atoms with Gasteiger partial charge in [0, 0.05) is 17.4 Å². The fraction of sp³-hybridized carbons (Fsp3) is 0.167. The van der Waals surface area contributed by atoms with E-state index in [2.05, 4.69) is 20.3 Å². The van der Waals surface area contributed by atoms with Gasteiger partial charge < -0.3 is 9.88 Å². The van der Waals surface area contributed by atoms with Gasteiger partial charge in [0.25, 0.3) is 0 Å². The predicted molar refractivity (Wildman–Crippen MR) is 97.7 cm³/mol. The Morgan fingerprint density at radius 3 is 2.84 bits per heavy atom. The van der Waals surface area contributed by atoms with Crippen LogP contribution in [-0.4, -0.2) is 19.5 Å². The molecule has 3 heterocycles. The first kappa shape index (κ1) is 15.7. The molecule has 126 valence electrons. The van der Waals surface area contributed by atoms with Gasteiger partial charge in [0.2, 0.25) is 0 Å². The van der Waals surface area contributed by atoms with Crippen LogP contribution < -0.4 is 5.32 Å². The van der Waals surface area contributed by atoms with E-state index in [9.17, 15) is 4.39 Å². The molecule has 5 nitrogen and oxygen atoms in total. The minimum atomic E-state index is -0.264. The summed E-state index contributed by atoms with van der Waals surface area (Å²) < 4.78 is 16.5. The van der Waals surface area contributed by atoms with Crippen molar-refractivity contribution in [2.45, 2.75) is 19.9 Å². The van der Waals surface area contributed by atoms with Crippen molar-refractivity contribution in [3.8, 4) is 5.69 Å². The lowest BCUT2D eigenvalue weighted by Gasteiger charge is -2.17. The number of benzene rings is 1. The van der Waals surface area contributed by atoms with Crippen LogP contribution in [0.3, 0.4) is 0 Å². The number of imidazole rings is 1. The van der Waals surface area contributed by atoms with Crippen LogP contribution in [0.5, 0.6) is 0 Å². The van der Waals surface area contributed by atoms with Crippen molar-refractivity contribution in [3.63, 3.8) is 0 Å². The first-order chi connectivity index (χ1) is 12.1. The molecule has 1 unspecified atom stereocenters. The SMILES string of the molecule is Cc1cn(-c2ccc(C(C)Nc3ncnc4sccc34)c(F)c2)cn1. The molecule has 4 aromatic rings. The molecule has 0 saturated carbocycles. The average molecular weight is 353 g/mol. The van der Waals surface area contributed by atoms with Gasteiger partial charge in [-0.25, -0.2) is 19.3 Å². The number of anilines is 1. The predicted octanol–water partition coefficient (Wildman–Crippen LogP) is 4.50. The Balaban J connectivity index is 1.62. The maximum absolute atomic E-state index is 14.6. The highest BCUT2D eigenvalue weighted by Crippen LogP contribution is 2.28. The molecule has 0 bridgehead atoms. The molecule has 0 saturated heterocycles. The van der Waals surface area contributed by atoms with E-state index in [-0.39, 0.29) is 11.9 Å². The zero-order chi connectivity index (χ0) is 17.4. The standard InChI is InChI=1S/C18H16FN5S/c1-11-8-24(10-22-11)13-3-4-14(16(19)7-13)12(2)23-17-15-5-6-25-18(15)21-9-20-17/h3-10,12H,1-2H3,(H,20,21,23). The Labute approximate surface area is 148 Å². The van der Waals surface area contributed by atoms with E-state index in [0.29, 0.717) is 11.4 Å². The van der Waals surface area contributed by atoms with E-state index in [1.807, 2.05) is 37.6 Å². The summed E-state index contributed by atoms with van der Waals surface area (Å²) in [5, 5.41) is 6.21. The van der Waals surface area contributed by atoms with Crippen molar-refractivity contribution >= 4 is 27.4 Å². The molecule has 1 atom stereocenters. The summed E-state index contributed by atoms with van der Waals surface area (Å²) >= 11 is 1.56. The molecule has 0 radical (unpaired) electrons. The number of nitrogens with one attached hydrogen (secondary N) is 1. The largest absolute Gasteiger partial charge is 0.363 e. The third-order valence-electron chi connectivity index (χ3n) is 4.08. The molecule has 0 aliphatic carbocycles. The monoisotopic (exact) mass is 353 g/mol. The minimum Gasteiger partial charge on any atom is -0.363 e. The lowest BCUT2D eigenvalue weighted by atomic mass is 10.1. The van der Waals surface area contributed by atoms with Gasteiger partial charge in [-0.2, -0.15) is 0 Å². The summed E-state index contributed by atoms with van der Waals surface area (Å²) in [5.74, 6) is 0.451. The molecule has 3 aromatic heterocycles. The van der Waals surface area contributed by atoms with Gasteiger partial charge in [0.1, 0.15) is 22.8 Å². The Hall–Kier alpha value is -2.80. The van der Waals surface area contributed by atoms with Crippen LogP contribution in [-0.2, 0) is 0 Å². The second-order valence-corrected chi connectivity index (χ2v) is 6.75. The molecule has 0 aliphatic rings. The number of thiophene rings is 1. The van der Waals surface area contributed by atoms with Gasteiger partial charge >= 0.3 is 0 Å². The summed E-state index contributed by atoms with van der Waals surface area (Å²) in [6.45, 7) is 3.82. The van der Waals surface area contributed by atoms with Gasteiger partial charge in [-0.3, -0.25) is 0 Å². The second kappa shape index (κ2) is 6.25. The van der Waals surface area contributed by atoms with Crippen LogP contribution in [0.25, 0.3) is 15.9 Å². The fourth-order valence-electron chi connectivity index (χ4n) is 2.78. The number of rotatable bonds is 4. The van der Waals surface area contributed by atoms with E-state index in [0.717, 1.165) is 21.6 Å². The zero-order valence-corrected chi connectivity index (χ0v) is 14.6. The van der Waals surface area contributed by atoms with Gasteiger partial charge in [-0.1, -0.05) is 6.07 Å². The lowest BCUT2D eigenvalue weighted by molar-refractivity contribution is 0.599. The van der Waals surface area contributed by atoms with E-state index < -0.39 is 0 Å². The van der Waals surface area contributed by atoms with Crippen molar-refractivity contribution < 1.29 is 4.39 Å². The number of hydrogen-bond acceptors (Lipinski definition) is 5. The highest BCUT2D eigenvalue weighted by atomic mass is 32.1. The van der Waals surface area contributed by atoms with Gasteiger partial charge in [-0.05, 0) is 37.4 Å². The summed E-state index contributed by atoms with van der Waals surface area (Å²) in [4.78, 5) is 13.6. The summed E-state index contributed by atoms with van der Waals surface area (Å²) in [6.07, 6.45) is 5.07. The smallest absolute Gasteiger partial charge is 0.138 e. The van der Waals surface area contributed by atoms with Gasteiger partial charge in [0.15, 0.2) is 0 Å². The third kappa shape index (κ3) is 2.98. The first-order valence-electron chi connectivity index (χ1n) is 7.87. The molecule has 7 heteroatoms. The van der Waals surface area contributed by atoms with Crippen LogP contribution in [0, 0.1) is 12.7 Å². The molecule has 1 aromatic carbocycles. The first-order valence-corrected chi connectivity index (χ1v) is 8.75. The topological polar surface area (TPSA) is 55.6 Å². The molecule has 0 amide bonds. The Kier molecular flexibility index (Phi) is 3.93. The van der Waals surface area contributed by atoms with Crippen molar-refractivity contribution in [2.24, 2.45) is 0 Å². The van der Waals surface area contributed by atoms with E-state index in [1.165, 1.54) is 12.4 Å². The van der Waals surface area contributed by atoms with Crippen LogP contribution >= 0.6 is 11.3 Å². The quantitative estimate of drug-likeness (QED) is 0.587. The number of aromatic nitrogens is 4. The van der Waals surface area contributed by atoms with Crippen LogP contribution in [0.4, 0.5) is 10.2 Å². The number of aryl methyl sites for hydroxylation is 1. The normalized spacial score (nSPS) is 12.4. The minimum absolute atomic E-state index is 0.225. The third-order valence-corrected chi connectivity index (χ3v) is 4.90. The number of fused-ring (bicyclic) bond motifs is 1. The summed E-state index contributed by atoms with van der Waals surface area (Å²) in [5.41, 5.74) is 2.22. The molecule has 0 spiro atoms. The molecule has 1 N–H and O–H groups in total. The van der Waals surface area contributed by atoms with E-state index in [4.69, 9.17) is 0 Å². The van der Waals surface area contributed by atoms with Crippen LogP contribution in [0.1, 0.15) is 24.2 Å². The second-order valence-electron chi connectivity index (χ2n) is 5.86. The fourth-order valence-corrected chi connectivity index (χ4v) is 3.51. The number of nitrogens with zero attached hydrogens (tertiary/aromatic N) is 4. The highest BCUT2D eigenvalue weighted by Gasteiger charge is 2.14. The maximum atomic E-state index is 14.6. The van der Waals surface area contributed by atoms with Crippen LogP contribution in [0.15, 0.2) is 48.5 Å². The Morgan fingerprint density at radius 1 is 1.20 bits per heavy atom. The van der Waals surface area contributed by atoms with Gasteiger partial charge in [0.05, 0.1) is 23.4 Å². The van der Waals surface area contributed by atoms with Crippen LogP contribution in [0.2, 0.25) is 0 Å². The van der Waals surface area contributed by atoms with Gasteiger partial charge in [-0.15, -0.1) is 11.3 Å². The van der Waals surface area contributed by atoms with Crippen molar-refractivity contribution in [1.29, 1.82) is 0 Å². The number of halogens is 1. The Bertz CT molecular complexity index is 1040. The zero-order valence-electron chi connectivity index (χ0n) is 13.8. The summed E-state index contributed by atoms with van der Waals surface area (Å²) in [7, 11) is 0. The maximum Gasteiger partial charge on any atom is 0.138 e. The molecular weight excluding hydrogens is 337 g/mol. The van der Waals surface area contributed by atoms with Crippen molar-refractivity contribution in [1.82, 2.24) is 19.5 Å². The molecular formula is C18H16FN5S. The average Bonchev–Trinajstić information content (AvgIpc) is 3.24. The molecule has 4 rings (SSSR count).